The van der Waals surface area contributed by atoms with Gasteiger partial charge in [-0.2, -0.15) is 5.10 Å². The van der Waals surface area contributed by atoms with Gasteiger partial charge in [-0.05, 0) is 29.3 Å². The Labute approximate surface area is 152 Å². The van der Waals surface area contributed by atoms with Crippen LogP contribution in [0.5, 0.6) is 0 Å². The summed E-state index contributed by atoms with van der Waals surface area (Å²) in [5.41, 5.74) is 1.90. The molecule has 3 rings (SSSR count). The molecule has 3 aromatic rings. The Morgan fingerprint density at radius 2 is 1.88 bits per heavy atom. The summed E-state index contributed by atoms with van der Waals surface area (Å²) in [6.07, 6.45) is 3.49. The first-order chi connectivity index (χ1) is 11.6. The summed E-state index contributed by atoms with van der Waals surface area (Å²) in [5.74, 6) is 0.529. The molecule has 122 valence electrons. The number of hydrogen-bond acceptors (Lipinski definition) is 3. The molecule has 5 nitrogen and oxygen atoms in total. The average molecular weight is 406 g/mol. The summed E-state index contributed by atoms with van der Waals surface area (Å²) in [5, 5.41) is 7.55. The molecule has 2 aromatic heterocycles. The maximum Gasteiger partial charge on any atom is 0.229 e. The Morgan fingerprint density at radius 3 is 2.58 bits per heavy atom. The van der Waals surface area contributed by atoms with Gasteiger partial charge in [0.25, 0.3) is 0 Å². The third-order valence-corrected chi connectivity index (χ3v) is 4.14. The highest BCUT2D eigenvalue weighted by Gasteiger charge is 2.09. The van der Waals surface area contributed by atoms with Crippen LogP contribution >= 0.6 is 27.5 Å². The van der Waals surface area contributed by atoms with Crippen molar-refractivity contribution in [2.24, 2.45) is 0 Å². The molecular formula is C17H14BrClN4O. The molecule has 2 heterocycles. The van der Waals surface area contributed by atoms with Gasteiger partial charge in [0, 0.05) is 16.7 Å². The van der Waals surface area contributed by atoms with Gasteiger partial charge in [-0.3, -0.25) is 4.79 Å². The number of rotatable bonds is 5. The number of anilines is 1. The molecule has 0 aliphatic heterocycles. The molecule has 0 spiro atoms. The summed E-state index contributed by atoms with van der Waals surface area (Å²) in [7, 11) is 0. The topological polar surface area (TPSA) is 59.8 Å². The molecule has 0 aliphatic rings. The number of halogens is 2. The summed E-state index contributed by atoms with van der Waals surface area (Å²) in [6, 6.07) is 13.2. The van der Waals surface area contributed by atoms with E-state index < -0.39 is 0 Å². The van der Waals surface area contributed by atoms with Crippen LogP contribution in [0.1, 0.15) is 11.1 Å². The molecule has 1 N–H and O–H groups in total. The Kier molecular flexibility index (Phi) is 5.27. The molecule has 0 atom stereocenters. The van der Waals surface area contributed by atoms with Gasteiger partial charge in [0.05, 0.1) is 19.2 Å². The smallest absolute Gasteiger partial charge is 0.229 e. The summed E-state index contributed by atoms with van der Waals surface area (Å²) < 4.78 is 2.78. The van der Waals surface area contributed by atoms with Gasteiger partial charge in [0.2, 0.25) is 5.91 Å². The number of hydrogen-bond donors (Lipinski definition) is 1. The van der Waals surface area contributed by atoms with Crippen molar-refractivity contribution in [3.8, 4) is 0 Å². The molecule has 0 saturated carbocycles. The van der Waals surface area contributed by atoms with Crippen LogP contribution in [0.25, 0.3) is 0 Å². The number of pyridine rings is 1. The van der Waals surface area contributed by atoms with E-state index in [2.05, 4.69) is 31.3 Å². The normalized spacial score (nSPS) is 10.6. The van der Waals surface area contributed by atoms with Gasteiger partial charge < -0.3 is 5.32 Å². The van der Waals surface area contributed by atoms with Crippen molar-refractivity contribution in [3.05, 3.63) is 75.6 Å². The van der Waals surface area contributed by atoms with Crippen LogP contribution < -0.4 is 5.32 Å². The van der Waals surface area contributed by atoms with Crippen LogP contribution in [-0.4, -0.2) is 20.7 Å². The van der Waals surface area contributed by atoms with Gasteiger partial charge in [0.15, 0.2) is 0 Å². The molecule has 0 saturated heterocycles. The molecule has 1 amide bonds. The summed E-state index contributed by atoms with van der Waals surface area (Å²) in [4.78, 5) is 16.2. The van der Waals surface area contributed by atoms with E-state index in [1.54, 1.807) is 35.3 Å². The fourth-order valence-corrected chi connectivity index (χ4v) is 2.59. The van der Waals surface area contributed by atoms with Crippen molar-refractivity contribution in [1.82, 2.24) is 14.8 Å². The molecule has 7 heteroatoms. The summed E-state index contributed by atoms with van der Waals surface area (Å²) >= 11 is 9.16. The molecule has 0 radical (unpaired) electrons. The SMILES string of the molecule is O=C(Cc1ccc(Cl)nc1)Nc1ccnn1Cc1ccc(Br)cc1. The van der Waals surface area contributed by atoms with Gasteiger partial charge in [-0.15, -0.1) is 0 Å². The zero-order valence-corrected chi connectivity index (χ0v) is 15.0. The number of amides is 1. The second-order valence-corrected chi connectivity index (χ2v) is 6.52. The van der Waals surface area contributed by atoms with Crippen LogP contribution in [0.3, 0.4) is 0 Å². The fourth-order valence-electron chi connectivity index (χ4n) is 2.21. The van der Waals surface area contributed by atoms with Crippen molar-refractivity contribution >= 4 is 39.3 Å². The minimum absolute atomic E-state index is 0.128. The maximum atomic E-state index is 12.2. The first-order valence-corrected chi connectivity index (χ1v) is 8.44. The predicted molar refractivity (Wildman–Crippen MR) is 97.1 cm³/mol. The monoisotopic (exact) mass is 404 g/mol. The van der Waals surface area contributed by atoms with Crippen molar-refractivity contribution in [2.45, 2.75) is 13.0 Å². The quantitative estimate of drug-likeness (QED) is 0.654. The number of aromatic nitrogens is 3. The molecule has 0 bridgehead atoms. The van der Waals surface area contributed by atoms with E-state index in [1.807, 2.05) is 24.3 Å². The third kappa shape index (κ3) is 4.43. The zero-order valence-electron chi connectivity index (χ0n) is 12.6. The van der Waals surface area contributed by atoms with E-state index in [0.717, 1.165) is 15.6 Å². The van der Waals surface area contributed by atoms with Crippen LogP contribution in [-0.2, 0) is 17.8 Å². The van der Waals surface area contributed by atoms with Crippen molar-refractivity contribution in [1.29, 1.82) is 0 Å². The van der Waals surface area contributed by atoms with Gasteiger partial charge in [-0.25, -0.2) is 9.67 Å². The highest BCUT2D eigenvalue weighted by Crippen LogP contribution is 2.14. The zero-order chi connectivity index (χ0) is 16.9. The van der Waals surface area contributed by atoms with Crippen molar-refractivity contribution in [2.75, 3.05) is 5.32 Å². The number of benzene rings is 1. The van der Waals surface area contributed by atoms with Crippen molar-refractivity contribution < 1.29 is 4.79 Å². The highest BCUT2D eigenvalue weighted by atomic mass is 79.9. The van der Waals surface area contributed by atoms with E-state index in [4.69, 9.17) is 11.6 Å². The lowest BCUT2D eigenvalue weighted by Gasteiger charge is -2.09. The standard InChI is InChI=1S/C17H14BrClN4O/c18-14-4-1-12(2-5-14)11-23-16(7-8-21-23)22-17(24)9-13-3-6-15(19)20-10-13/h1-8,10H,9,11H2,(H,22,24). The highest BCUT2D eigenvalue weighted by molar-refractivity contribution is 9.10. The van der Waals surface area contributed by atoms with Crippen LogP contribution in [0.2, 0.25) is 5.15 Å². The Morgan fingerprint density at radius 1 is 1.12 bits per heavy atom. The maximum absolute atomic E-state index is 12.2. The molecule has 1 aromatic carbocycles. The number of carbonyl (C=O) groups is 1. The number of carbonyl (C=O) groups excluding carboxylic acids is 1. The number of nitrogens with one attached hydrogen (secondary N) is 1. The van der Waals surface area contributed by atoms with E-state index in [9.17, 15) is 4.79 Å². The largest absolute Gasteiger partial charge is 0.311 e. The Bertz CT molecular complexity index is 831. The minimum atomic E-state index is -0.128. The molecule has 0 unspecified atom stereocenters. The van der Waals surface area contributed by atoms with Crippen LogP contribution in [0.4, 0.5) is 5.82 Å². The lowest BCUT2D eigenvalue weighted by atomic mass is 10.2. The predicted octanol–water partition coefficient (Wildman–Crippen LogP) is 3.92. The first kappa shape index (κ1) is 16.7. The number of nitrogens with zero attached hydrogens (tertiary/aromatic N) is 3. The van der Waals surface area contributed by atoms with Gasteiger partial charge in [0.1, 0.15) is 11.0 Å². The minimum Gasteiger partial charge on any atom is -0.311 e. The molecule has 24 heavy (non-hydrogen) atoms. The molecular weight excluding hydrogens is 392 g/mol. The third-order valence-electron chi connectivity index (χ3n) is 3.38. The molecule has 0 fully saturated rings. The fraction of sp³-hybridized carbons (Fsp3) is 0.118. The first-order valence-electron chi connectivity index (χ1n) is 7.27. The lowest BCUT2D eigenvalue weighted by Crippen LogP contribution is -2.18. The summed E-state index contributed by atoms with van der Waals surface area (Å²) in [6.45, 7) is 0.582. The lowest BCUT2D eigenvalue weighted by molar-refractivity contribution is -0.115. The van der Waals surface area contributed by atoms with Crippen LogP contribution in [0, 0.1) is 0 Å². The van der Waals surface area contributed by atoms with Crippen LogP contribution in [0.15, 0.2) is 59.3 Å². The van der Waals surface area contributed by atoms with E-state index in [0.29, 0.717) is 17.5 Å². The molecule has 0 aliphatic carbocycles. The van der Waals surface area contributed by atoms with E-state index in [1.165, 1.54) is 0 Å². The Balaban J connectivity index is 1.65. The second-order valence-electron chi connectivity index (χ2n) is 5.21. The second kappa shape index (κ2) is 7.59. The van der Waals surface area contributed by atoms with E-state index in [-0.39, 0.29) is 12.3 Å². The van der Waals surface area contributed by atoms with Crippen molar-refractivity contribution in [3.63, 3.8) is 0 Å². The average Bonchev–Trinajstić information content (AvgIpc) is 2.98. The Hall–Kier alpha value is -2.18. The van der Waals surface area contributed by atoms with Gasteiger partial charge in [-0.1, -0.05) is 45.7 Å². The van der Waals surface area contributed by atoms with E-state index >= 15 is 0 Å². The van der Waals surface area contributed by atoms with Gasteiger partial charge >= 0.3 is 0 Å².